The van der Waals surface area contributed by atoms with E-state index in [-0.39, 0.29) is 0 Å². The first kappa shape index (κ1) is 21.4. The maximum Gasteiger partial charge on any atom is 0.180 e. The number of ether oxygens (including phenoxy) is 2. The van der Waals surface area contributed by atoms with Gasteiger partial charge in [-0.1, -0.05) is 60.5 Å². The van der Waals surface area contributed by atoms with Crippen molar-refractivity contribution in [3.63, 3.8) is 0 Å². The molecule has 0 aliphatic heterocycles. The van der Waals surface area contributed by atoms with Crippen LogP contribution in [-0.4, -0.2) is 6.61 Å². The molecule has 0 radical (unpaired) electrons. The van der Waals surface area contributed by atoms with Gasteiger partial charge in [-0.3, -0.25) is 0 Å². The summed E-state index contributed by atoms with van der Waals surface area (Å²) in [5.74, 6) is 1.19. The molecule has 3 aromatic rings. The Morgan fingerprint density at radius 2 is 1.69 bits per heavy atom. The minimum absolute atomic E-state index is 0.363. The third-order valence-electron chi connectivity index (χ3n) is 4.52. The van der Waals surface area contributed by atoms with Crippen molar-refractivity contribution in [1.82, 2.24) is 0 Å². The average molecular weight is 430 g/mol. The predicted octanol–water partition coefficient (Wildman–Crippen LogP) is 7.15. The van der Waals surface area contributed by atoms with Gasteiger partial charge in [0.1, 0.15) is 6.61 Å². The Labute approximate surface area is 182 Å². The number of nitrogens with one attached hydrogen (secondary N) is 1. The van der Waals surface area contributed by atoms with Crippen LogP contribution < -0.4 is 14.8 Å². The molecular weight excluding hydrogens is 405 g/mol. The second-order valence-electron chi connectivity index (χ2n) is 6.62. The lowest BCUT2D eigenvalue weighted by atomic mass is 10.1. The zero-order valence-electron chi connectivity index (χ0n) is 16.7. The molecule has 3 rings (SSSR count). The molecule has 0 unspecified atom stereocenters. The van der Waals surface area contributed by atoms with Crippen molar-refractivity contribution in [1.29, 1.82) is 0 Å². The highest BCUT2D eigenvalue weighted by Crippen LogP contribution is 2.37. The van der Waals surface area contributed by atoms with Gasteiger partial charge in [-0.2, -0.15) is 0 Å². The van der Waals surface area contributed by atoms with Crippen LogP contribution in [0.2, 0.25) is 10.0 Å². The third-order valence-corrected chi connectivity index (χ3v) is 5.04. The number of rotatable bonds is 9. The van der Waals surface area contributed by atoms with Crippen LogP contribution in [0.4, 0.5) is 5.69 Å². The number of para-hydroxylation sites is 1. The average Bonchev–Trinajstić information content (AvgIpc) is 2.72. The van der Waals surface area contributed by atoms with Crippen LogP contribution in [0.5, 0.6) is 11.5 Å². The van der Waals surface area contributed by atoms with Crippen LogP contribution in [0.1, 0.15) is 30.5 Å². The Morgan fingerprint density at radius 3 is 2.45 bits per heavy atom. The first-order valence-electron chi connectivity index (χ1n) is 9.75. The van der Waals surface area contributed by atoms with Crippen molar-refractivity contribution < 1.29 is 9.47 Å². The molecule has 3 nitrogen and oxygen atoms in total. The van der Waals surface area contributed by atoms with Crippen molar-refractivity contribution in [3.05, 3.63) is 87.4 Å². The second kappa shape index (κ2) is 10.4. The highest BCUT2D eigenvalue weighted by molar-refractivity contribution is 6.32. The predicted molar refractivity (Wildman–Crippen MR) is 122 cm³/mol. The highest BCUT2D eigenvalue weighted by atomic mass is 35.5. The van der Waals surface area contributed by atoms with E-state index in [9.17, 15) is 0 Å². The fraction of sp³-hybridized carbons (Fsp3) is 0.250. The molecule has 0 saturated heterocycles. The van der Waals surface area contributed by atoms with Crippen LogP contribution in [0.3, 0.4) is 0 Å². The molecule has 152 valence electrons. The second-order valence-corrected chi connectivity index (χ2v) is 7.46. The van der Waals surface area contributed by atoms with E-state index in [1.165, 1.54) is 5.56 Å². The lowest BCUT2D eigenvalue weighted by molar-refractivity contribution is 0.269. The number of benzene rings is 3. The molecule has 0 bridgehead atoms. The molecule has 1 N–H and O–H groups in total. The quantitative estimate of drug-likeness (QED) is 0.391. The number of hydrogen-bond acceptors (Lipinski definition) is 3. The standard InChI is InChI=1S/C24H25Cl2NO2/c1-3-19-9-5-6-11-22(19)27-15-18-13-21(26)24(23(14-18)28-4-2)29-16-17-8-7-10-20(25)12-17/h5-14,27H,3-4,15-16H2,1-2H3. The van der Waals surface area contributed by atoms with Gasteiger partial charge in [0.25, 0.3) is 0 Å². The van der Waals surface area contributed by atoms with Gasteiger partial charge in [-0.15, -0.1) is 0 Å². The van der Waals surface area contributed by atoms with Gasteiger partial charge in [0.2, 0.25) is 0 Å². The smallest absolute Gasteiger partial charge is 0.180 e. The highest BCUT2D eigenvalue weighted by Gasteiger charge is 2.13. The molecule has 3 aromatic carbocycles. The maximum atomic E-state index is 6.55. The lowest BCUT2D eigenvalue weighted by Crippen LogP contribution is -2.05. The molecule has 29 heavy (non-hydrogen) atoms. The third kappa shape index (κ3) is 5.81. The maximum absolute atomic E-state index is 6.55. The van der Waals surface area contributed by atoms with E-state index in [1.807, 2.05) is 49.4 Å². The van der Waals surface area contributed by atoms with Gasteiger partial charge in [-0.25, -0.2) is 0 Å². The first-order valence-corrected chi connectivity index (χ1v) is 10.5. The summed E-state index contributed by atoms with van der Waals surface area (Å²) in [4.78, 5) is 0. The number of aryl methyl sites for hydroxylation is 1. The van der Waals surface area contributed by atoms with Crippen LogP contribution in [0.15, 0.2) is 60.7 Å². The van der Waals surface area contributed by atoms with Crippen molar-refractivity contribution in [2.75, 3.05) is 11.9 Å². The molecule has 0 saturated carbocycles. The summed E-state index contributed by atoms with van der Waals surface area (Å²) >= 11 is 12.6. The van der Waals surface area contributed by atoms with E-state index in [2.05, 4.69) is 30.4 Å². The van der Waals surface area contributed by atoms with Gasteiger partial charge < -0.3 is 14.8 Å². The number of halogens is 2. The molecule has 5 heteroatoms. The van der Waals surface area contributed by atoms with E-state index in [4.69, 9.17) is 32.7 Å². The minimum atomic E-state index is 0.363. The summed E-state index contributed by atoms with van der Waals surface area (Å²) in [6, 6.07) is 19.8. The van der Waals surface area contributed by atoms with Gasteiger partial charge in [0, 0.05) is 17.3 Å². The number of anilines is 1. The summed E-state index contributed by atoms with van der Waals surface area (Å²) in [6.07, 6.45) is 0.977. The largest absolute Gasteiger partial charge is 0.490 e. The summed E-state index contributed by atoms with van der Waals surface area (Å²) < 4.78 is 11.8. The Morgan fingerprint density at radius 1 is 0.862 bits per heavy atom. The Kier molecular flexibility index (Phi) is 7.68. The number of hydrogen-bond donors (Lipinski definition) is 1. The van der Waals surface area contributed by atoms with Crippen molar-refractivity contribution >= 4 is 28.9 Å². The van der Waals surface area contributed by atoms with E-state index < -0.39 is 0 Å². The van der Waals surface area contributed by atoms with Crippen molar-refractivity contribution in [3.8, 4) is 11.5 Å². The van der Waals surface area contributed by atoms with E-state index in [0.717, 1.165) is 23.2 Å². The SMILES string of the molecule is CCOc1cc(CNc2ccccc2CC)cc(Cl)c1OCc1cccc(Cl)c1. The van der Waals surface area contributed by atoms with Gasteiger partial charge >= 0.3 is 0 Å². The molecule has 0 aromatic heterocycles. The summed E-state index contributed by atoms with van der Waals surface area (Å²) in [5, 5.41) is 4.69. The molecule has 0 amide bonds. The van der Waals surface area contributed by atoms with Gasteiger partial charge in [-0.05, 0) is 60.4 Å². The van der Waals surface area contributed by atoms with Crippen LogP contribution >= 0.6 is 23.2 Å². The first-order chi connectivity index (χ1) is 14.1. The normalized spacial score (nSPS) is 10.6. The Bertz CT molecular complexity index is 959. The molecule has 0 heterocycles. The molecule has 0 aliphatic rings. The fourth-order valence-corrected chi connectivity index (χ4v) is 3.61. The van der Waals surface area contributed by atoms with E-state index in [1.54, 1.807) is 0 Å². The topological polar surface area (TPSA) is 30.5 Å². The lowest BCUT2D eigenvalue weighted by Gasteiger charge is -2.16. The minimum Gasteiger partial charge on any atom is -0.490 e. The van der Waals surface area contributed by atoms with Crippen molar-refractivity contribution in [2.45, 2.75) is 33.4 Å². The van der Waals surface area contributed by atoms with Crippen LogP contribution in [0.25, 0.3) is 0 Å². The summed E-state index contributed by atoms with van der Waals surface area (Å²) in [7, 11) is 0. The zero-order chi connectivity index (χ0) is 20.6. The van der Waals surface area contributed by atoms with Crippen LogP contribution in [-0.2, 0) is 19.6 Å². The molecule has 0 aliphatic carbocycles. The molecule has 0 spiro atoms. The molecule has 0 fully saturated rings. The summed E-state index contributed by atoms with van der Waals surface area (Å²) in [5.41, 5.74) is 4.41. The fourth-order valence-electron chi connectivity index (χ4n) is 3.11. The Balaban J connectivity index is 1.76. The molecular formula is C24H25Cl2NO2. The molecule has 0 atom stereocenters. The zero-order valence-corrected chi connectivity index (χ0v) is 18.2. The van der Waals surface area contributed by atoms with Crippen molar-refractivity contribution in [2.24, 2.45) is 0 Å². The Hall–Kier alpha value is -2.36. The van der Waals surface area contributed by atoms with E-state index in [0.29, 0.717) is 41.3 Å². The van der Waals surface area contributed by atoms with Gasteiger partial charge in [0.15, 0.2) is 11.5 Å². The monoisotopic (exact) mass is 429 g/mol. The van der Waals surface area contributed by atoms with Crippen LogP contribution in [0, 0.1) is 0 Å². The van der Waals surface area contributed by atoms with E-state index >= 15 is 0 Å². The summed E-state index contributed by atoms with van der Waals surface area (Å²) in [6.45, 7) is 5.63. The van der Waals surface area contributed by atoms with Gasteiger partial charge in [0.05, 0.1) is 11.6 Å².